The number of halogens is 2. The fourth-order valence-electron chi connectivity index (χ4n) is 0.852. The molecule has 1 heterocycles. The van der Waals surface area contributed by atoms with Gasteiger partial charge in [-0.25, -0.2) is 18.1 Å². The Morgan fingerprint density at radius 2 is 2.19 bits per heavy atom. The van der Waals surface area contributed by atoms with Crippen molar-refractivity contribution in [2.75, 3.05) is 6.54 Å². The molecular formula is C9H10Cl2N2O2S. The summed E-state index contributed by atoms with van der Waals surface area (Å²) in [6.45, 7) is 5.48. The summed E-state index contributed by atoms with van der Waals surface area (Å²) in [6, 6.07) is 1.25. The minimum absolute atomic E-state index is 0.0249. The molecule has 88 valence electrons. The van der Waals surface area contributed by atoms with Crippen LogP contribution in [0.25, 0.3) is 0 Å². The SMILES string of the molecule is C=C(C)CNS(=O)(=O)c1cnc(Cl)c(Cl)c1. The molecule has 0 amide bonds. The molecule has 1 aromatic heterocycles. The molecule has 0 atom stereocenters. The lowest BCUT2D eigenvalue weighted by atomic mass is 10.4. The summed E-state index contributed by atoms with van der Waals surface area (Å²) >= 11 is 11.3. The number of pyridine rings is 1. The molecule has 0 bridgehead atoms. The molecule has 0 spiro atoms. The van der Waals surface area contributed by atoms with Gasteiger partial charge < -0.3 is 0 Å². The summed E-state index contributed by atoms with van der Waals surface area (Å²) in [5.41, 5.74) is 0.705. The standard InChI is InChI=1S/C9H10Cl2N2O2S/c1-6(2)4-13-16(14,15)7-3-8(10)9(11)12-5-7/h3,5,13H,1,4H2,2H3. The molecule has 16 heavy (non-hydrogen) atoms. The monoisotopic (exact) mass is 280 g/mol. The highest BCUT2D eigenvalue weighted by Crippen LogP contribution is 2.21. The third-order valence-corrected chi connectivity index (χ3v) is 3.70. The van der Waals surface area contributed by atoms with Gasteiger partial charge >= 0.3 is 0 Å². The molecule has 1 aromatic rings. The van der Waals surface area contributed by atoms with E-state index in [1.54, 1.807) is 6.92 Å². The molecule has 1 rings (SSSR count). The van der Waals surface area contributed by atoms with Gasteiger partial charge in [0.25, 0.3) is 0 Å². The number of nitrogens with one attached hydrogen (secondary N) is 1. The quantitative estimate of drug-likeness (QED) is 0.680. The van der Waals surface area contributed by atoms with Crippen LogP contribution in [0.5, 0.6) is 0 Å². The Morgan fingerprint density at radius 1 is 1.56 bits per heavy atom. The van der Waals surface area contributed by atoms with Gasteiger partial charge in [0.2, 0.25) is 10.0 Å². The Balaban J connectivity index is 2.99. The molecule has 0 aromatic carbocycles. The molecule has 0 fully saturated rings. The van der Waals surface area contributed by atoms with Crippen molar-refractivity contribution in [2.45, 2.75) is 11.8 Å². The normalized spacial score (nSPS) is 11.4. The van der Waals surface area contributed by atoms with E-state index in [1.807, 2.05) is 0 Å². The van der Waals surface area contributed by atoms with Gasteiger partial charge in [0, 0.05) is 12.7 Å². The summed E-state index contributed by atoms with van der Waals surface area (Å²) in [4.78, 5) is 3.64. The van der Waals surface area contributed by atoms with Crippen LogP contribution < -0.4 is 4.72 Å². The summed E-state index contributed by atoms with van der Waals surface area (Å²) in [6.07, 6.45) is 1.15. The summed E-state index contributed by atoms with van der Waals surface area (Å²) in [5.74, 6) is 0. The average Bonchev–Trinajstić information content (AvgIpc) is 2.19. The van der Waals surface area contributed by atoms with E-state index < -0.39 is 10.0 Å². The Labute approximate surface area is 104 Å². The molecule has 7 heteroatoms. The first kappa shape index (κ1) is 13.4. The smallest absolute Gasteiger partial charge is 0.242 e. The van der Waals surface area contributed by atoms with E-state index in [-0.39, 0.29) is 21.6 Å². The van der Waals surface area contributed by atoms with Crippen molar-refractivity contribution in [3.63, 3.8) is 0 Å². The molecule has 0 radical (unpaired) electrons. The Kier molecular flexibility index (Phi) is 4.32. The summed E-state index contributed by atoms with van der Waals surface area (Å²) < 4.78 is 25.8. The second kappa shape index (κ2) is 5.14. The van der Waals surface area contributed by atoms with E-state index in [0.717, 1.165) is 6.20 Å². The Hall–Kier alpha value is -0.620. The van der Waals surface area contributed by atoms with Crippen LogP contribution >= 0.6 is 23.2 Å². The fourth-order valence-corrected chi connectivity index (χ4v) is 2.25. The Bertz CT molecular complexity index is 514. The van der Waals surface area contributed by atoms with Crippen molar-refractivity contribution >= 4 is 33.2 Å². The van der Waals surface area contributed by atoms with Crippen LogP contribution in [0.1, 0.15) is 6.92 Å². The molecule has 0 saturated heterocycles. The lowest BCUT2D eigenvalue weighted by molar-refractivity contribution is 0.584. The number of nitrogens with zero attached hydrogens (tertiary/aromatic N) is 1. The van der Waals surface area contributed by atoms with Gasteiger partial charge in [0.05, 0.1) is 5.02 Å². The highest BCUT2D eigenvalue weighted by Gasteiger charge is 2.15. The predicted molar refractivity (Wildman–Crippen MR) is 64.3 cm³/mol. The largest absolute Gasteiger partial charge is 0.242 e. The molecule has 0 saturated carbocycles. The lowest BCUT2D eigenvalue weighted by Crippen LogP contribution is -2.25. The lowest BCUT2D eigenvalue weighted by Gasteiger charge is -2.06. The minimum Gasteiger partial charge on any atom is -0.242 e. The van der Waals surface area contributed by atoms with Crippen LogP contribution in [0.15, 0.2) is 29.3 Å². The third kappa shape index (κ3) is 3.45. The number of hydrogen-bond acceptors (Lipinski definition) is 3. The first-order valence-corrected chi connectivity index (χ1v) is 6.52. The van der Waals surface area contributed by atoms with Crippen LogP contribution in [0.4, 0.5) is 0 Å². The van der Waals surface area contributed by atoms with Gasteiger partial charge in [0.15, 0.2) is 0 Å². The fraction of sp³-hybridized carbons (Fsp3) is 0.222. The molecule has 4 nitrogen and oxygen atoms in total. The second-order valence-electron chi connectivity index (χ2n) is 3.23. The summed E-state index contributed by atoms with van der Waals surface area (Å²) in [7, 11) is -3.61. The maximum Gasteiger partial charge on any atom is 0.242 e. The highest BCUT2D eigenvalue weighted by atomic mass is 35.5. The van der Waals surface area contributed by atoms with Crippen LogP contribution in [0.2, 0.25) is 10.2 Å². The maximum absolute atomic E-state index is 11.7. The van der Waals surface area contributed by atoms with Gasteiger partial charge in [-0.05, 0) is 13.0 Å². The number of hydrogen-bond donors (Lipinski definition) is 1. The van der Waals surface area contributed by atoms with Crippen molar-refractivity contribution in [1.82, 2.24) is 9.71 Å². The van der Waals surface area contributed by atoms with Crippen LogP contribution in [0.3, 0.4) is 0 Å². The van der Waals surface area contributed by atoms with Gasteiger partial charge in [-0.15, -0.1) is 0 Å². The van der Waals surface area contributed by atoms with Crippen molar-refractivity contribution in [3.05, 3.63) is 34.6 Å². The van der Waals surface area contributed by atoms with Gasteiger partial charge in [-0.3, -0.25) is 0 Å². The predicted octanol–water partition coefficient (Wildman–Crippen LogP) is 2.24. The zero-order valence-corrected chi connectivity index (χ0v) is 10.8. The summed E-state index contributed by atoms with van der Waals surface area (Å²) in [5, 5.41) is 0.167. The van der Waals surface area contributed by atoms with E-state index in [4.69, 9.17) is 23.2 Å². The van der Waals surface area contributed by atoms with E-state index in [1.165, 1.54) is 6.07 Å². The van der Waals surface area contributed by atoms with Crippen molar-refractivity contribution in [2.24, 2.45) is 0 Å². The molecular weight excluding hydrogens is 271 g/mol. The third-order valence-electron chi connectivity index (χ3n) is 1.65. The molecule has 0 aliphatic rings. The van der Waals surface area contributed by atoms with E-state index in [0.29, 0.717) is 5.57 Å². The zero-order valence-electron chi connectivity index (χ0n) is 8.50. The van der Waals surface area contributed by atoms with Crippen LogP contribution in [-0.2, 0) is 10.0 Å². The average molecular weight is 281 g/mol. The van der Waals surface area contributed by atoms with Crippen LogP contribution in [-0.4, -0.2) is 19.9 Å². The van der Waals surface area contributed by atoms with Gasteiger partial charge in [-0.2, -0.15) is 0 Å². The van der Waals surface area contributed by atoms with Gasteiger partial charge in [0.1, 0.15) is 10.0 Å². The van der Waals surface area contributed by atoms with Crippen molar-refractivity contribution in [1.29, 1.82) is 0 Å². The number of aromatic nitrogens is 1. The molecule has 0 unspecified atom stereocenters. The minimum atomic E-state index is -3.61. The first-order chi connectivity index (χ1) is 7.33. The van der Waals surface area contributed by atoms with Crippen molar-refractivity contribution < 1.29 is 8.42 Å². The van der Waals surface area contributed by atoms with E-state index in [9.17, 15) is 8.42 Å². The zero-order chi connectivity index (χ0) is 12.3. The van der Waals surface area contributed by atoms with Gasteiger partial charge in [-0.1, -0.05) is 35.4 Å². The number of sulfonamides is 1. The van der Waals surface area contributed by atoms with Crippen molar-refractivity contribution in [3.8, 4) is 0 Å². The number of rotatable bonds is 4. The second-order valence-corrected chi connectivity index (χ2v) is 5.76. The van der Waals surface area contributed by atoms with E-state index >= 15 is 0 Å². The van der Waals surface area contributed by atoms with E-state index in [2.05, 4.69) is 16.3 Å². The Morgan fingerprint density at radius 3 is 2.69 bits per heavy atom. The topological polar surface area (TPSA) is 59.1 Å². The maximum atomic E-state index is 11.7. The first-order valence-electron chi connectivity index (χ1n) is 4.28. The molecule has 1 N–H and O–H groups in total. The molecule has 0 aliphatic heterocycles. The highest BCUT2D eigenvalue weighted by molar-refractivity contribution is 7.89. The van der Waals surface area contributed by atoms with Crippen LogP contribution in [0, 0.1) is 0 Å². The molecule has 0 aliphatic carbocycles.